The Morgan fingerprint density at radius 1 is 1.12 bits per heavy atom. The van der Waals surface area contributed by atoms with E-state index in [1.807, 2.05) is 18.3 Å². The number of amides is 1. The predicted octanol–water partition coefficient (Wildman–Crippen LogP) is 3.47. The summed E-state index contributed by atoms with van der Waals surface area (Å²) in [6, 6.07) is 13.0. The molecular weight excluding hydrogens is 316 g/mol. The maximum atomic E-state index is 12.7. The number of hydrogen-bond donors (Lipinski definition) is 2. The fourth-order valence-electron chi connectivity index (χ4n) is 3.52. The summed E-state index contributed by atoms with van der Waals surface area (Å²) in [7, 11) is 0. The molecule has 0 unspecified atom stereocenters. The summed E-state index contributed by atoms with van der Waals surface area (Å²) in [5, 5.41) is 12.7. The largest absolute Gasteiger partial charge is 0.481 e. The Kier molecular flexibility index (Phi) is 3.76. The third-order valence-corrected chi connectivity index (χ3v) is 4.64. The number of rotatable bonds is 4. The zero-order chi connectivity index (χ0) is 17.4. The van der Waals surface area contributed by atoms with Crippen molar-refractivity contribution in [1.82, 2.24) is 4.57 Å². The Morgan fingerprint density at radius 2 is 1.92 bits per heavy atom. The van der Waals surface area contributed by atoms with Crippen LogP contribution in [-0.2, 0) is 24.2 Å². The van der Waals surface area contributed by atoms with Crippen LogP contribution in [0.5, 0.6) is 0 Å². The molecule has 0 spiro atoms. The highest BCUT2D eigenvalue weighted by molar-refractivity contribution is 6.13. The average molecular weight is 334 g/mol. The molecule has 2 aromatic carbocycles. The van der Waals surface area contributed by atoms with Gasteiger partial charge < -0.3 is 15.0 Å². The van der Waals surface area contributed by atoms with E-state index in [9.17, 15) is 9.59 Å². The minimum atomic E-state index is -0.870. The first-order valence-corrected chi connectivity index (χ1v) is 8.34. The molecule has 126 valence electrons. The molecule has 0 saturated carbocycles. The van der Waals surface area contributed by atoms with Crippen molar-refractivity contribution in [3.8, 4) is 0 Å². The monoisotopic (exact) mass is 334 g/mol. The third-order valence-electron chi connectivity index (χ3n) is 4.64. The van der Waals surface area contributed by atoms with E-state index in [-0.39, 0.29) is 12.3 Å². The van der Waals surface area contributed by atoms with Crippen LogP contribution < -0.4 is 5.32 Å². The Labute approximate surface area is 144 Å². The minimum Gasteiger partial charge on any atom is -0.481 e. The van der Waals surface area contributed by atoms with Gasteiger partial charge in [-0.25, -0.2) is 0 Å². The van der Waals surface area contributed by atoms with Gasteiger partial charge in [0.05, 0.1) is 17.5 Å². The van der Waals surface area contributed by atoms with Crippen molar-refractivity contribution in [3.63, 3.8) is 0 Å². The van der Waals surface area contributed by atoms with E-state index in [0.717, 1.165) is 30.3 Å². The lowest BCUT2D eigenvalue weighted by molar-refractivity contribution is -0.136. The van der Waals surface area contributed by atoms with Crippen LogP contribution in [-0.4, -0.2) is 21.6 Å². The Balaban J connectivity index is 1.61. The van der Waals surface area contributed by atoms with Crippen LogP contribution in [0.1, 0.15) is 27.9 Å². The number of aryl methyl sites for hydroxylation is 2. The summed E-state index contributed by atoms with van der Waals surface area (Å²) in [4.78, 5) is 23.5. The quantitative estimate of drug-likeness (QED) is 0.767. The van der Waals surface area contributed by atoms with Crippen molar-refractivity contribution in [2.45, 2.75) is 25.8 Å². The molecular formula is C20H18N2O3. The summed E-state index contributed by atoms with van der Waals surface area (Å²) in [5.41, 5.74) is 4.49. The number of carboxylic acid groups (broad SMARTS) is 1. The number of carbonyl (C=O) groups is 2. The fourth-order valence-corrected chi connectivity index (χ4v) is 3.52. The second-order valence-corrected chi connectivity index (χ2v) is 6.37. The zero-order valence-electron chi connectivity index (χ0n) is 13.7. The Morgan fingerprint density at radius 3 is 2.68 bits per heavy atom. The van der Waals surface area contributed by atoms with Crippen molar-refractivity contribution in [2.24, 2.45) is 0 Å². The number of benzene rings is 2. The van der Waals surface area contributed by atoms with Gasteiger partial charge in [0.1, 0.15) is 0 Å². The average Bonchev–Trinajstić information content (AvgIpc) is 2.98. The van der Waals surface area contributed by atoms with Crippen LogP contribution in [0, 0.1) is 0 Å². The van der Waals surface area contributed by atoms with E-state index in [1.54, 1.807) is 24.3 Å². The number of hydrogen-bond acceptors (Lipinski definition) is 2. The number of carboxylic acids is 1. The molecule has 0 bridgehead atoms. The van der Waals surface area contributed by atoms with Crippen molar-refractivity contribution in [2.75, 3.05) is 5.32 Å². The third kappa shape index (κ3) is 2.89. The van der Waals surface area contributed by atoms with Crippen LogP contribution >= 0.6 is 0 Å². The van der Waals surface area contributed by atoms with Crippen LogP contribution in [0.25, 0.3) is 10.9 Å². The van der Waals surface area contributed by atoms with Crippen LogP contribution in [0.4, 0.5) is 5.69 Å². The van der Waals surface area contributed by atoms with Crippen LogP contribution in [0.3, 0.4) is 0 Å². The van der Waals surface area contributed by atoms with E-state index in [0.29, 0.717) is 16.8 Å². The molecule has 2 heterocycles. The molecule has 25 heavy (non-hydrogen) atoms. The molecule has 1 amide bonds. The molecule has 5 heteroatoms. The molecule has 2 N–H and O–H groups in total. The van der Waals surface area contributed by atoms with Gasteiger partial charge in [-0.05, 0) is 36.1 Å². The smallest absolute Gasteiger partial charge is 0.307 e. The minimum absolute atomic E-state index is 0.0233. The molecule has 0 fully saturated rings. The van der Waals surface area contributed by atoms with E-state index in [2.05, 4.69) is 16.0 Å². The van der Waals surface area contributed by atoms with Gasteiger partial charge in [-0.2, -0.15) is 0 Å². The molecule has 1 aliphatic rings. The molecule has 5 nitrogen and oxygen atoms in total. The zero-order valence-corrected chi connectivity index (χ0v) is 13.7. The van der Waals surface area contributed by atoms with Gasteiger partial charge in [-0.15, -0.1) is 0 Å². The van der Waals surface area contributed by atoms with Gasteiger partial charge in [0.15, 0.2) is 0 Å². The number of anilines is 1. The molecule has 0 radical (unpaired) electrons. The summed E-state index contributed by atoms with van der Waals surface area (Å²) in [6.07, 6.45) is 4.05. The SMILES string of the molecule is O=C(O)Cc1ccc(NC(=O)c2cn3c4c(cccc24)CCC3)cc1. The first-order valence-electron chi connectivity index (χ1n) is 8.34. The van der Waals surface area contributed by atoms with Gasteiger partial charge in [0.2, 0.25) is 0 Å². The standard InChI is InChI=1S/C20H18N2O3/c23-18(24)11-13-6-8-15(9-7-13)21-20(25)17-12-22-10-2-4-14-3-1-5-16(17)19(14)22/h1,3,5-9,12H,2,4,10-11H2,(H,21,25)(H,23,24). The molecule has 1 aromatic heterocycles. The second-order valence-electron chi connectivity index (χ2n) is 6.37. The molecule has 0 saturated heterocycles. The molecule has 3 aromatic rings. The number of carbonyl (C=O) groups excluding carboxylic acids is 1. The van der Waals surface area contributed by atoms with Crippen LogP contribution in [0.15, 0.2) is 48.7 Å². The number of para-hydroxylation sites is 1. The highest BCUT2D eigenvalue weighted by Gasteiger charge is 2.19. The Bertz CT molecular complexity index is 971. The Hall–Kier alpha value is -3.08. The van der Waals surface area contributed by atoms with Crippen molar-refractivity contribution in [1.29, 1.82) is 0 Å². The van der Waals surface area contributed by atoms with Gasteiger partial charge in [0.25, 0.3) is 5.91 Å². The maximum absolute atomic E-state index is 12.7. The van der Waals surface area contributed by atoms with Gasteiger partial charge >= 0.3 is 5.97 Å². The van der Waals surface area contributed by atoms with Crippen molar-refractivity contribution >= 4 is 28.5 Å². The number of aromatic nitrogens is 1. The summed E-state index contributed by atoms with van der Waals surface area (Å²) >= 11 is 0. The highest BCUT2D eigenvalue weighted by Crippen LogP contribution is 2.29. The molecule has 0 atom stereocenters. The summed E-state index contributed by atoms with van der Waals surface area (Å²) < 4.78 is 2.17. The van der Waals surface area contributed by atoms with Crippen molar-refractivity contribution in [3.05, 3.63) is 65.4 Å². The van der Waals surface area contributed by atoms with E-state index < -0.39 is 5.97 Å². The second kappa shape index (κ2) is 6.09. The van der Waals surface area contributed by atoms with Gasteiger partial charge in [-0.1, -0.05) is 30.3 Å². The normalized spacial score (nSPS) is 13.0. The highest BCUT2D eigenvalue weighted by atomic mass is 16.4. The van der Waals surface area contributed by atoms with Gasteiger partial charge in [0, 0.05) is 23.8 Å². The van der Waals surface area contributed by atoms with Crippen molar-refractivity contribution < 1.29 is 14.7 Å². The van der Waals surface area contributed by atoms with E-state index in [4.69, 9.17) is 5.11 Å². The fraction of sp³-hybridized carbons (Fsp3) is 0.200. The number of nitrogens with one attached hydrogen (secondary N) is 1. The summed E-state index contributed by atoms with van der Waals surface area (Å²) in [6.45, 7) is 0.935. The lowest BCUT2D eigenvalue weighted by atomic mass is 10.0. The first kappa shape index (κ1) is 15.4. The topological polar surface area (TPSA) is 71.3 Å². The molecule has 1 aliphatic heterocycles. The maximum Gasteiger partial charge on any atom is 0.307 e. The summed E-state index contributed by atoms with van der Waals surface area (Å²) in [5.74, 6) is -1.01. The lowest BCUT2D eigenvalue weighted by Gasteiger charge is -2.14. The van der Waals surface area contributed by atoms with E-state index in [1.165, 1.54) is 5.56 Å². The van der Waals surface area contributed by atoms with Crippen LogP contribution in [0.2, 0.25) is 0 Å². The number of nitrogens with zero attached hydrogens (tertiary/aromatic N) is 1. The molecule has 0 aliphatic carbocycles. The number of aliphatic carboxylic acids is 1. The van der Waals surface area contributed by atoms with E-state index >= 15 is 0 Å². The molecule has 4 rings (SSSR count). The van der Waals surface area contributed by atoms with Gasteiger partial charge in [-0.3, -0.25) is 9.59 Å². The predicted molar refractivity (Wildman–Crippen MR) is 96.0 cm³/mol. The lowest BCUT2D eigenvalue weighted by Crippen LogP contribution is -2.11. The first-order chi connectivity index (χ1) is 12.1.